The van der Waals surface area contributed by atoms with Crippen LogP contribution in [0.25, 0.3) is 0 Å². The minimum absolute atomic E-state index is 0.0509. The number of ether oxygens (including phenoxy) is 1. The van der Waals surface area contributed by atoms with Gasteiger partial charge in [0.2, 0.25) is 0 Å². The molecule has 0 fully saturated rings. The van der Waals surface area contributed by atoms with E-state index in [0.29, 0.717) is 5.56 Å². The molecule has 0 spiro atoms. The zero-order valence-corrected chi connectivity index (χ0v) is 10.8. The topological polar surface area (TPSA) is 59.0 Å². The number of hydrogen-bond acceptors (Lipinski definition) is 3. The van der Waals surface area contributed by atoms with Gasteiger partial charge >= 0.3 is 6.09 Å². The van der Waals surface area contributed by atoms with Gasteiger partial charge in [0.05, 0.1) is 19.8 Å². The fraction of sp³-hybridized carbons (Fsp3) is 0.308. The molecule has 0 saturated heterocycles. The van der Waals surface area contributed by atoms with Gasteiger partial charge in [-0.15, -0.1) is 6.58 Å². The van der Waals surface area contributed by atoms with E-state index in [-0.39, 0.29) is 12.4 Å². The summed E-state index contributed by atoms with van der Waals surface area (Å²) < 4.78 is 18.4. The third kappa shape index (κ3) is 3.69. The van der Waals surface area contributed by atoms with Crippen LogP contribution < -0.4 is 4.74 Å². The highest BCUT2D eigenvalue weighted by Gasteiger charge is 2.22. The van der Waals surface area contributed by atoms with Crippen LogP contribution in [0.5, 0.6) is 5.75 Å². The number of rotatable bonds is 6. The highest BCUT2D eigenvalue weighted by molar-refractivity contribution is 5.64. The molecule has 1 atom stereocenters. The normalized spacial score (nSPS) is 11.7. The van der Waals surface area contributed by atoms with Gasteiger partial charge in [0.25, 0.3) is 0 Å². The Bertz CT molecular complexity index is 464. The van der Waals surface area contributed by atoms with Crippen molar-refractivity contribution in [3.8, 4) is 5.75 Å². The van der Waals surface area contributed by atoms with Gasteiger partial charge in [-0.25, -0.2) is 9.18 Å². The van der Waals surface area contributed by atoms with Crippen LogP contribution in [0.3, 0.4) is 0 Å². The van der Waals surface area contributed by atoms with Gasteiger partial charge in [0.15, 0.2) is 11.6 Å². The Kier molecular flexibility index (Phi) is 5.32. The van der Waals surface area contributed by atoms with Gasteiger partial charge < -0.3 is 9.84 Å². The Labute approximate surface area is 110 Å². The molecule has 0 aliphatic carbocycles. The number of nitrogens with zero attached hydrogens (tertiary/aromatic N) is 1. The maximum absolute atomic E-state index is 13.6. The van der Waals surface area contributed by atoms with Crippen molar-refractivity contribution < 1.29 is 23.9 Å². The molecule has 5 nitrogen and oxygen atoms in total. The number of benzene rings is 1. The summed E-state index contributed by atoms with van der Waals surface area (Å²) in [6, 6.07) is 3.59. The van der Waals surface area contributed by atoms with Crippen molar-refractivity contribution in [3.05, 3.63) is 42.2 Å². The van der Waals surface area contributed by atoms with Gasteiger partial charge in [-0.2, -0.15) is 5.06 Å². The lowest BCUT2D eigenvalue weighted by Crippen LogP contribution is -2.32. The predicted octanol–water partition coefficient (Wildman–Crippen LogP) is 2.99. The van der Waals surface area contributed by atoms with E-state index >= 15 is 0 Å². The van der Waals surface area contributed by atoms with Gasteiger partial charge in [-0.05, 0) is 24.6 Å². The molecule has 1 unspecified atom stereocenters. The molecule has 0 radical (unpaired) electrons. The zero-order chi connectivity index (χ0) is 14.4. The summed E-state index contributed by atoms with van der Waals surface area (Å²) in [5.41, 5.74) is 0.463. The van der Waals surface area contributed by atoms with Crippen LogP contribution in [0.15, 0.2) is 30.9 Å². The van der Waals surface area contributed by atoms with E-state index in [4.69, 9.17) is 14.7 Å². The van der Waals surface area contributed by atoms with E-state index in [0.717, 1.165) is 5.06 Å². The fourth-order valence-electron chi connectivity index (χ4n) is 1.54. The lowest BCUT2D eigenvalue weighted by Gasteiger charge is -2.25. The molecule has 0 aliphatic heterocycles. The standard InChI is InChI=1S/C13H16FNO4/c1-4-7-19-15(13(16)17)9(2)10-5-6-12(18-3)11(14)8-10/h4-6,8-9H,1,7H2,2-3H3,(H,16,17). The molecule has 1 aromatic rings. The highest BCUT2D eigenvalue weighted by atomic mass is 19.1. The number of carbonyl (C=O) groups is 1. The van der Waals surface area contributed by atoms with E-state index in [1.54, 1.807) is 13.0 Å². The average molecular weight is 269 g/mol. The summed E-state index contributed by atoms with van der Waals surface area (Å²) in [4.78, 5) is 16.1. The predicted molar refractivity (Wildman–Crippen MR) is 67.4 cm³/mol. The number of carboxylic acid groups (broad SMARTS) is 1. The number of methoxy groups -OCH3 is 1. The third-order valence-electron chi connectivity index (χ3n) is 2.53. The van der Waals surface area contributed by atoms with Crippen molar-refractivity contribution in [2.45, 2.75) is 13.0 Å². The molecule has 0 heterocycles. The molecule has 104 valence electrons. The Morgan fingerprint density at radius 1 is 1.63 bits per heavy atom. The second kappa shape index (κ2) is 6.75. The first kappa shape index (κ1) is 15.0. The maximum atomic E-state index is 13.6. The highest BCUT2D eigenvalue weighted by Crippen LogP contribution is 2.25. The molecule has 1 amide bonds. The average Bonchev–Trinajstić information content (AvgIpc) is 2.38. The number of amides is 1. The lowest BCUT2D eigenvalue weighted by atomic mass is 10.1. The van der Waals surface area contributed by atoms with Crippen LogP contribution >= 0.6 is 0 Å². The van der Waals surface area contributed by atoms with Gasteiger partial charge in [0.1, 0.15) is 0 Å². The second-order valence-electron chi connectivity index (χ2n) is 3.76. The third-order valence-corrected chi connectivity index (χ3v) is 2.53. The molecule has 0 aromatic heterocycles. The van der Waals surface area contributed by atoms with Crippen LogP contribution in [-0.4, -0.2) is 30.0 Å². The van der Waals surface area contributed by atoms with Crippen molar-refractivity contribution in [2.24, 2.45) is 0 Å². The smallest absolute Gasteiger partial charge is 0.432 e. The van der Waals surface area contributed by atoms with Crippen molar-refractivity contribution >= 4 is 6.09 Å². The van der Waals surface area contributed by atoms with E-state index in [1.807, 2.05) is 0 Å². The minimum atomic E-state index is -1.26. The zero-order valence-electron chi connectivity index (χ0n) is 10.8. The summed E-state index contributed by atoms with van der Waals surface area (Å²) >= 11 is 0. The number of halogens is 1. The van der Waals surface area contributed by atoms with E-state index < -0.39 is 18.0 Å². The molecular weight excluding hydrogens is 253 g/mol. The van der Waals surface area contributed by atoms with Crippen molar-refractivity contribution in [3.63, 3.8) is 0 Å². The maximum Gasteiger partial charge on any atom is 0.432 e. The summed E-state index contributed by atoms with van der Waals surface area (Å²) in [7, 11) is 1.36. The Hall–Kier alpha value is -2.08. The monoisotopic (exact) mass is 269 g/mol. The Balaban J connectivity index is 2.95. The Morgan fingerprint density at radius 3 is 2.79 bits per heavy atom. The van der Waals surface area contributed by atoms with Crippen LogP contribution in [0.1, 0.15) is 18.5 Å². The quantitative estimate of drug-likeness (QED) is 0.637. The van der Waals surface area contributed by atoms with Crippen LogP contribution in [0.2, 0.25) is 0 Å². The molecule has 0 bridgehead atoms. The SMILES string of the molecule is C=CCON(C(=O)O)C(C)c1ccc(OC)c(F)c1. The van der Waals surface area contributed by atoms with Crippen molar-refractivity contribution in [1.82, 2.24) is 5.06 Å². The largest absolute Gasteiger partial charge is 0.494 e. The van der Waals surface area contributed by atoms with Crippen molar-refractivity contribution in [2.75, 3.05) is 13.7 Å². The molecule has 1 N–H and O–H groups in total. The van der Waals surface area contributed by atoms with Gasteiger partial charge in [-0.3, -0.25) is 4.84 Å². The first-order valence-corrected chi connectivity index (χ1v) is 5.60. The summed E-state index contributed by atoms with van der Waals surface area (Å²) in [6.45, 7) is 5.09. The van der Waals surface area contributed by atoms with Gasteiger partial charge in [-0.1, -0.05) is 12.1 Å². The number of hydroxylamine groups is 2. The van der Waals surface area contributed by atoms with Crippen LogP contribution in [0, 0.1) is 5.82 Å². The van der Waals surface area contributed by atoms with Crippen LogP contribution in [0.4, 0.5) is 9.18 Å². The molecule has 6 heteroatoms. The first-order valence-electron chi connectivity index (χ1n) is 5.60. The molecule has 1 rings (SSSR count). The van der Waals surface area contributed by atoms with Crippen molar-refractivity contribution in [1.29, 1.82) is 0 Å². The molecule has 19 heavy (non-hydrogen) atoms. The first-order chi connectivity index (χ1) is 9.01. The Morgan fingerprint density at radius 2 is 2.32 bits per heavy atom. The summed E-state index contributed by atoms with van der Waals surface area (Å²) in [5, 5.41) is 9.80. The number of hydrogen-bond donors (Lipinski definition) is 1. The molecule has 0 saturated carbocycles. The molecule has 0 aliphatic rings. The molecular formula is C13H16FNO4. The second-order valence-corrected chi connectivity index (χ2v) is 3.76. The fourth-order valence-corrected chi connectivity index (χ4v) is 1.54. The van der Waals surface area contributed by atoms with Gasteiger partial charge in [0, 0.05) is 0 Å². The van der Waals surface area contributed by atoms with E-state index in [9.17, 15) is 9.18 Å². The summed E-state index contributed by atoms with van der Waals surface area (Å²) in [5.74, 6) is -0.453. The van der Waals surface area contributed by atoms with Crippen LogP contribution in [-0.2, 0) is 4.84 Å². The minimum Gasteiger partial charge on any atom is -0.494 e. The lowest BCUT2D eigenvalue weighted by molar-refractivity contribution is -0.144. The van der Waals surface area contributed by atoms with E-state index in [1.165, 1.54) is 25.3 Å². The molecule has 1 aromatic carbocycles. The van der Waals surface area contributed by atoms with E-state index in [2.05, 4.69) is 6.58 Å². The summed E-state index contributed by atoms with van der Waals surface area (Å²) in [6.07, 6.45) is 0.169.